The Kier molecular flexibility index (Phi) is 5.67. The summed E-state index contributed by atoms with van der Waals surface area (Å²) in [7, 11) is 0. The van der Waals surface area contributed by atoms with Gasteiger partial charge in [0.05, 0.1) is 22.8 Å². The third kappa shape index (κ3) is 5.60. The number of carbonyl (C=O) groups is 1. The average Bonchev–Trinajstić information content (AvgIpc) is 2.80. The molecule has 1 amide bonds. The Labute approximate surface area is 133 Å². The predicted molar refractivity (Wildman–Crippen MR) is 79.1 cm³/mol. The van der Waals surface area contributed by atoms with Crippen LogP contribution >= 0.6 is 27.3 Å². The summed E-state index contributed by atoms with van der Waals surface area (Å²) in [5, 5.41) is 2.81. The van der Waals surface area contributed by atoms with Crippen LogP contribution in [0.25, 0.3) is 0 Å². The number of hydrogen-bond donors (Lipinski definition) is 1. The molecule has 2 rings (SSSR count). The van der Waals surface area contributed by atoms with E-state index in [1.807, 2.05) is 12.1 Å². The van der Waals surface area contributed by atoms with Gasteiger partial charge in [0.2, 0.25) is 5.91 Å². The summed E-state index contributed by atoms with van der Waals surface area (Å²) >= 11 is 4.87. The van der Waals surface area contributed by atoms with Crippen molar-refractivity contribution in [3.8, 4) is 0 Å². The Morgan fingerprint density at radius 3 is 2.86 bits per heavy atom. The highest BCUT2D eigenvalue weighted by Crippen LogP contribution is 2.24. The molecule has 0 bridgehead atoms. The predicted octanol–water partition coefficient (Wildman–Crippen LogP) is 3.40. The fraction of sp³-hybridized carbons (Fsp3) is 0.615. The van der Waals surface area contributed by atoms with Crippen LogP contribution in [0.3, 0.4) is 0 Å². The number of likely N-dealkylation sites (tertiary alicyclic amines) is 1. The number of nitrogens with zero attached hydrogens (tertiary/aromatic N) is 1. The molecule has 1 aliphatic heterocycles. The van der Waals surface area contributed by atoms with Crippen molar-refractivity contribution in [3.05, 3.63) is 20.8 Å². The van der Waals surface area contributed by atoms with Gasteiger partial charge in [-0.25, -0.2) is 0 Å². The van der Waals surface area contributed by atoms with Crippen molar-refractivity contribution in [1.29, 1.82) is 0 Å². The first-order valence-electron chi connectivity index (χ1n) is 6.64. The average molecular weight is 385 g/mol. The molecule has 0 unspecified atom stereocenters. The summed E-state index contributed by atoms with van der Waals surface area (Å²) in [5.41, 5.74) is 0. The second-order valence-electron chi connectivity index (χ2n) is 5.11. The molecule has 0 aromatic carbocycles. The number of carbonyl (C=O) groups excluding carboxylic acids is 1. The smallest absolute Gasteiger partial charge is 0.351 e. The van der Waals surface area contributed by atoms with Gasteiger partial charge in [-0.15, -0.1) is 11.3 Å². The lowest BCUT2D eigenvalue weighted by Crippen LogP contribution is -2.45. The van der Waals surface area contributed by atoms with E-state index in [0.717, 1.165) is 8.66 Å². The molecule has 1 fully saturated rings. The van der Waals surface area contributed by atoms with Crippen LogP contribution in [0.4, 0.5) is 13.2 Å². The summed E-state index contributed by atoms with van der Waals surface area (Å²) in [4.78, 5) is 14.4. The van der Waals surface area contributed by atoms with Crippen molar-refractivity contribution in [3.63, 3.8) is 0 Å². The summed E-state index contributed by atoms with van der Waals surface area (Å²) in [6.07, 6.45) is -2.94. The summed E-state index contributed by atoms with van der Waals surface area (Å²) in [6, 6.07) is 3.81. The van der Waals surface area contributed by atoms with E-state index in [2.05, 4.69) is 21.2 Å². The van der Waals surface area contributed by atoms with Gasteiger partial charge < -0.3 is 5.32 Å². The standard InChI is InChI=1S/C13H16BrF3N2OS/c14-11-4-3-10(21-11)6-18-12(20)9-2-1-5-19(7-9)8-13(15,16)17/h3-4,9H,1-2,5-8H2,(H,18,20)/t9-/m1/s1. The van der Waals surface area contributed by atoms with Crippen LogP contribution in [0.5, 0.6) is 0 Å². The van der Waals surface area contributed by atoms with E-state index in [0.29, 0.717) is 25.9 Å². The number of piperidine rings is 1. The first-order valence-corrected chi connectivity index (χ1v) is 8.25. The number of alkyl halides is 3. The largest absolute Gasteiger partial charge is 0.401 e. The number of amides is 1. The van der Waals surface area contributed by atoms with Crippen molar-refractivity contribution in [2.45, 2.75) is 25.6 Å². The molecule has 1 saturated heterocycles. The van der Waals surface area contributed by atoms with E-state index in [-0.39, 0.29) is 18.4 Å². The summed E-state index contributed by atoms with van der Waals surface area (Å²) in [5.74, 6) is -0.518. The third-order valence-electron chi connectivity index (χ3n) is 3.34. The van der Waals surface area contributed by atoms with Gasteiger partial charge in [0.15, 0.2) is 0 Å². The molecule has 0 saturated carbocycles. The second-order valence-corrected chi connectivity index (χ2v) is 7.66. The Hall–Kier alpha value is -0.600. The van der Waals surface area contributed by atoms with Crippen LogP contribution in [-0.4, -0.2) is 36.6 Å². The number of hydrogen-bond acceptors (Lipinski definition) is 3. The summed E-state index contributed by atoms with van der Waals surface area (Å²) in [6.45, 7) is 0.0696. The first kappa shape index (κ1) is 16.8. The number of nitrogens with one attached hydrogen (secondary N) is 1. The van der Waals surface area contributed by atoms with Crippen LogP contribution < -0.4 is 5.32 Å². The fourth-order valence-corrected chi connectivity index (χ4v) is 3.85. The van der Waals surface area contributed by atoms with Crippen LogP contribution in [0.1, 0.15) is 17.7 Å². The zero-order chi connectivity index (χ0) is 15.5. The SMILES string of the molecule is O=C(NCc1ccc(Br)s1)[C@@H]1CCCN(CC(F)(F)F)C1. The van der Waals surface area contributed by atoms with Gasteiger partial charge in [0.1, 0.15) is 0 Å². The van der Waals surface area contributed by atoms with Crippen molar-refractivity contribution in [2.75, 3.05) is 19.6 Å². The second kappa shape index (κ2) is 7.11. The lowest BCUT2D eigenvalue weighted by atomic mass is 9.97. The highest BCUT2D eigenvalue weighted by molar-refractivity contribution is 9.11. The first-order chi connectivity index (χ1) is 9.83. The van der Waals surface area contributed by atoms with Crippen molar-refractivity contribution in [2.24, 2.45) is 5.92 Å². The minimum absolute atomic E-state index is 0.161. The molecule has 2 heterocycles. The van der Waals surface area contributed by atoms with Crippen LogP contribution in [0, 0.1) is 5.92 Å². The molecule has 3 nitrogen and oxygen atoms in total. The zero-order valence-electron chi connectivity index (χ0n) is 11.3. The quantitative estimate of drug-likeness (QED) is 0.862. The highest BCUT2D eigenvalue weighted by Gasteiger charge is 2.34. The molecule has 0 spiro atoms. The van der Waals surface area contributed by atoms with E-state index in [9.17, 15) is 18.0 Å². The number of halogens is 4. The maximum atomic E-state index is 12.4. The maximum Gasteiger partial charge on any atom is 0.401 e. The minimum atomic E-state index is -4.21. The van der Waals surface area contributed by atoms with Gasteiger partial charge in [-0.1, -0.05) is 0 Å². The van der Waals surface area contributed by atoms with E-state index in [1.54, 1.807) is 0 Å². The van der Waals surface area contributed by atoms with E-state index >= 15 is 0 Å². The van der Waals surface area contributed by atoms with Gasteiger partial charge in [0, 0.05) is 11.4 Å². The lowest BCUT2D eigenvalue weighted by molar-refractivity contribution is -0.152. The Balaban J connectivity index is 1.81. The van der Waals surface area contributed by atoms with E-state index in [1.165, 1.54) is 16.2 Å². The monoisotopic (exact) mass is 384 g/mol. The van der Waals surface area contributed by atoms with Crippen molar-refractivity contribution < 1.29 is 18.0 Å². The molecule has 8 heteroatoms. The zero-order valence-corrected chi connectivity index (χ0v) is 13.7. The topological polar surface area (TPSA) is 32.3 Å². The molecule has 21 heavy (non-hydrogen) atoms. The van der Waals surface area contributed by atoms with Gasteiger partial charge in [-0.2, -0.15) is 13.2 Å². The molecule has 0 radical (unpaired) electrons. The maximum absolute atomic E-state index is 12.4. The van der Waals surface area contributed by atoms with Crippen LogP contribution in [-0.2, 0) is 11.3 Å². The molecule has 1 aliphatic rings. The van der Waals surface area contributed by atoms with Crippen LogP contribution in [0.15, 0.2) is 15.9 Å². The molecular formula is C13H16BrF3N2OS. The molecule has 0 aliphatic carbocycles. The van der Waals surface area contributed by atoms with E-state index < -0.39 is 12.7 Å². The molecular weight excluding hydrogens is 369 g/mol. The fourth-order valence-electron chi connectivity index (χ4n) is 2.43. The van der Waals surface area contributed by atoms with Gasteiger partial charge >= 0.3 is 6.18 Å². The Bertz CT molecular complexity index is 492. The van der Waals surface area contributed by atoms with Gasteiger partial charge in [-0.05, 0) is 47.4 Å². The molecule has 1 aromatic rings. The van der Waals surface area contributed by atoms with Crippen molar-refractivity contribution in [1.82, 2.24) is 10.2 Å². The Morgan fingerprint density at radius 1 is 1.48 bits per heavy atom. The van der Waals surface area contributed by atoms with Crippen LogP contribution in [0.2, 0.25) is 0 Å². The number of rotatable bonds is 4. The summed E-state index contributed by atoms with van der Waals surface area (Å²) < 4.78 is 38.2. The normalized spacial score (nSPS) is 20.5. The Morgan fingerprint density at radius 2 is 2.24 bits per heavy atom. The molecule has 1 N–H and O–H groups in total. The van der Waals surface area contributed by atoms with Crippen molar-refractivity contribution >= 4 is 33.2 Å². The third-order valence-corrected chi connectivity index (χ3v) is 4.97. The van der Waals surface area contributed by atoms with E-state index in [4.69, 9.17) is 0 Å². The lowest BCUT2D eigenvalue weighted by Gasteiger charge is -2.32. The van der Waals surface area contributed by atoms with Gasteiger partial charge in [-0.3, -0.25) is 9.69 Å². The minimum Gasteiger partial charge on any atom is -0.351 e. The number of thiophene rings is 1. The van der Waals surface area contributed by atoms with Gasteiger partial charge in [0.25, 0.3) is 0 Å². The highest BCUT2D eigenvalue weighted by atomic mass is 79.9. The molecule has 118 valence electrons. The molecule has 1 aromatic heterocycles. The molecule has 1 atom stereocenters.